The molecule has 0 spiro atoms. The lowest BCUT2D eigenvalue weighted by Crippen LogP contribution is -2.61. The quantitative estimate of drug-likeness (QED) is 0.306. The summed E-state index contributed by atoms with van der Waals surface area (Å²) in [5.74, 6) is 3.30. The minimum absolute atomic E-state index is 0.0163. The molecule has 0 bridgehead atoms. The smallest absolute Gasteiger partial charge is 0.0958 e. The van der Waals surface area contributed by atoms with E-state index in [1.807, 2.05) is 35.9 Å². The second-order valence-corrected chi connectivity index (χ2v) is 16.2. The molecule has 1 unspecified atom stereocenters. The van der Waals surface area contributed by atoms with Gasteiger partial charge in [-0.1, -0.05) is 95.7 Å². The van der Waals surface area contributed by atoms with E-state index < -0.39 is 0 Å². The number of aliphatic hydroxyl groups excluding tert-OH is 1. The van der Waals surface area contributed by atoms with Gasteiger partial charge in [0.2, 0.25) is 0 Å². The number of nitrogens with zero attached hydrogens (tertiary/aromatic N) is 1. The number of nitrogens with one attached hydrogen (secondary N) is 1. The molecule has 3 nitrogen and oxygen atoms in total. The molecule has 230 valence electrons. The highest BCUT2D eigenvalue weighted by atomic mass is 16.3. The van der Waals surface area contributed by atoms with E-state index in [2.05, 4.69) is 72.5 Å². The molecule has 0 aliphatic heterocycles. The van der Waals surface area contributed by atoms with Crippen molar-refractivity contribution in [3.63, 3.8) is 0 Å². The summed E-state index contributed by atoms with van der Waals surface area (Å²) in [6.45, 7) is 22.3. The van der Waals surface area contributed by atoms with E-state index in [1.165, 1.54) is 44.1 Å². The van der Waals surface area contributed by atoms with Crippen molar-refractivity contribution < 1.29 is 5.11 Å². The van der Waals surface area contributed by atoms with Gasteiger partial charge in [0, 0.05) is 0 Å². The average Bonchev–Trinajstić information content (AvgIpc) is 2.96. The van der Waals surface area contributed by atoms with E-state index >= 15 is 0 Å². The van der Waals surface area contributed by atoms with Crippen LogP contribution in [0.25, 0.3) is 0 Å². The van der Waals surface area contributed by atoms with Crippen molar-refractivity contribution >= 4 is 0 Å². The molecule has 0 amide bonds. The molecule has 3 heteroatoms. The standard InChI is InChI=1S/C39H58N2O/c1-26(2)31-18-21-39(8)34(15-14-32-35-28(4)27(3)16-19-36(35,5)22-23-38(32,39)7)37(31,6)20-17-30(24-40)41-33(25-42)29-12-10-9-11-13-29/h9-14,27-28,30-31,33-35,41-42H,1,15-23,25H2,2-8H3/t27-,28+,30?,31+,33+,34-,35+,36-,37+,38-,39-/m1/s1. The lowest BCUT2D eigenvalue weighted by Gasteiger charge is -2.69. The van der Waals surface area contributed by atoms with Gasteiger partial charge < -0.3 is 5.11 Å². The van der Waals surface area contributed by atoms with Crippen molar-refractivity contribution in [3.8, 4) is 6.07 Å². The van der Waals surface area contributed by atoms with E-state index in [-0.39, 0.29) is 34.9 Å². The molecule has 3 fully saturated rings. The second-order valence-electron chi connectivity index (χ2n) is 16.2. The number of rotatable bonds is 8. The van der Waals surface area contributed by atoms with Gasteiger partial charge in [0.1, 0.15) is 0 Å². The van der Waals surface area contributed by atoms with Crippen molar-refractivity contribution in [2.24, 2.45) is 51.2 Å². The first kappa shape index (κ1) is 31.5. The molecule has 1 aromatic rings. The lowest BCUT2D eigenvalue weighted by molar-refractivity contribution is -0.143. The van der Waals surface area contributed by atoms with E-state index in [9.17, 15) is 10.4 Å². The highest BCUT2D eigenvalue weighted by Gasteiger charge is 2.65. The Hall–Kier alpha value is -1.89. The third-order valence-electron chi connectivity index (χ3n) is 14.2. The maximum atomic E-state index is 10.2. The van der Waals surface area contributed by atoms with Crippen molar-refractivity contribution in [2.75, 3.05) is 6.61 Å². The van der Waals surface area contributed by atoms with Gasteiger partial charge in [0.05, 0.1) is 24.8 Å². The maximum Gasteiger partial charge on any atom is 0.0958 e. The number of allylic oxidation sites excluding steroid dienone is 3. The highest BCUT2D eigenvalue weighted by Crippen LogP contribution is 2.74. The Bertz CT molecular complexity index is 1210. The van der Waals surface area contributed by atoms with E-state index in [0.29, 0.717) is 23.2 Å². The SMILES string of the molecule is C=C(C)[C@@H]1CC[C@]2(C)[C@H](CC=C3[C@@H]4[C@@H](C)[C@H](C)CC[C@]4(C)CC[C@]32C)[C@@]1(C)CCC(C#N)N[C@@H](CO)c1ccccc1. The molecule has 0 radical (unpaired) electrons. The van der Waals surface area contributed by atoms with Crippen LogP contribution in [0.5, 0.6) is 0 Å². The van der Waals surface area contributed by atoms with Crippen molar-refractivity contribution in [1.29, 1.82) is 5.26 Å². The Labute approximate surface area is 257 Å². The first-order chi connectivity index (χ1) is 19.8. The van der Waals surface area contributed by atoms with Crippen LogP contribution in [0.4, 0.5) is 0 Å². The van der Waals surface area contributed by atoms with Crippen LogP contribution in [-0.4, -0.2) is 17.8 Å². The molecule has 0 saturated heterocycles. The van der Waals surface area contributed by atoms with Gasteiger partial charge in [-0.25, -0.2) is 0 Å². The van der Waals surface area contributed by atoms with Crippen LogP contribution in [0.15, 0.2) is 54.1 Å². The van der Waals surface area contributed by atoms with Gasteiger partial charge in [0.25, 0.3) is 0 Å². The van der Waals surface area contributed by atoms with E-state index in [4.69, 9.17) is 0 Å². The number of hydrogen-bond donors (Lipinski definition) is 2. The zero-order valence-electron chi connectivity index (χ0n) is 27.7. The Kier molecular flexibility index (Phi) is 8.68. The number of hydrogen-bond acceptors (Lipinski definition) is 3. The largest absolute Gasteiger partial charge is 0.394 e. The van der Waals surface area contributed by atoms with Crippen LogP contribution in [0.2, 0.25) is 0 Å². The first-order valence-corrected chi connectivity index (χ1v) is 17.0. The molecule has 42 heavy (non-hydrogen) atoms. The zero-order chi connectivity index (χ0) is 30.5. The summed E-state index contributed by atoms with van der Waals surface area (Å²) in [5, 5.41) is 23.9. The summed E-state index contributed by atoms with van der Waals surface area (Å²) in [4.78, 5) is 0. The van der Waals surface area contributed by atoms with Gasteiger partial charge in [-0.2, -0.15) is 5.26 Å². The Balaban J connectivity index is 1.45. The molecule has 4 aliphatic rings. The average molecular weight is 571 g/mol. The van der Waals surface area contributed by atoms with Gasteiger partial charge in [0.15, 0.2) is 0 Å². The summed E-state index contributed by atoms with van der Waals surface area (Å²) in [6, 6.07) is 12.1. The van der Waals surface area contributed by atoms with Crippen LogP contribution in [0.3, 0.4) is 0 Å². The fraction of sp³-hybridized carbons (Fsp3) is 0.718. The molecule has 0 heterocycles. The minimum atomic E-state index is -0.302. The van der Waals surface area contributed by atoms with Gasteiger partial charge in [-0.3, -0.25) is 5.32 Å². The molecular weight excluding hydrogens is 512 g/mol. The summed E-state index contributed by atoms with van der Waals surface area (Å²) >= 11 is 0. The summed E-state index contributed by atoms with van der Waals surface area (Å²) in [5.41, 5.74) is 5.16. The fourth-order valence-corrected chi connectivity index (χ4v) is 11.2. The third-order valence-corrected chi connectivity index (χ3v) is 14.2. The second kappa shape index (κ2) is 11.6. The van der Waals surface area contributed by atoms with Crippen LogP contribution >= 0.6 is 0 Å². The number of nitriles is 1. The number of aliphatic hydroxyl groups is 1. The van der Waals surface area contributed by atoms with Crippen LogP contribution in [0, 0.1) is 62.6 Å². The van der Waals surface area contributed by atoms with E-state index in [1.54, 1.807) is 0 Å². The predicted octanol–water partition coefficient (Wildman–Crippen LogP) is 9.42. The normalized spacial score (nSPS) is 42.6. The summed E-state index contributed by atoms with van der Waals surface area (Å²) in [7, 11) is 0. The van der Waals surface area contributed by atoms with Crippen molar-refractivity contribution in [3.05, 3.63) is 59.7 Å². The van der Waals surface area contributed by atoms with Crippen LogP contribution < -0.4 is 5.32 Å². The van der Waals surface area contributed by atoms with Crippen molar-refractivity contribution in [1.82, 2.24) is 5.32 Å². The lowest BCUT2D eigenvalue weighted by atomic mass is 9.35. The highest BCUT2D eigenvalue weighted by molar-refractivity contribution is 5.34. The number of fused-ring (bicyclic) bond motifs is 5. The molecule has 2 N–H and O–H groups in total. The van der Waals surface area contributed by atoms with Gasteiger partial charge >= 0.3 is 0 Å². The van der Waals surface area contributed by atoms with Gasteiger partial charge in [-0.05, 0) is 122 Å². The topological polar surface area (TPSA) is 56.0 Å². The molecule has 3 saturated carbocycles. The summed E-state index contributed by atoms with van der Waals surface area (Å²) in [6.07, 6.45) is 13.6. The van der Waals surface area contributed by atoms with Crippen LogP contribution in [-0.2, 0) is 0 Å². The molecule has 5 rings (SSSR count). The Morgan fingerprint density at radius 1 is 1.07 bits per heavy atom. The molecule has 1 aromatic carbocycles. The zero-order valence-corrected chi connectivity index (χ0v) is 27.7. The maximum absolute atomic E-state index is 10.2. The Morgan fingerprint density at radius 3 is 2.43 bits per heavy atom. The molecule has 11 atom stereocenters. The van der Waals surface area contributed by atoms with Crippen LogP contribution in [0.1, 0.15) is 118 Å². The van der Waals surface area contributed by atoms with Gasteiger partial charge in [-0.15, -0.1) is 0 Å². The van der Waals surface area contributed by atoms with E-state index in [0.717, 1.165) is 36.7 Å². The third kappa shape index (κ3) is 4.94. The minimum Gasteiger partial charge on any atom is -0.394 e. The Morgan fingerprint density at radius 2 is 1.79 bits per heavy atom. The number of benzene rings is 1. The monoisotopic (exact) mass is 570 g/mol. The van der Waals surface area contributed by atoms with Crippen molar-refractivity contribution in [2.45, 2.75) is 118 Å². The molecule has 0 aromatic heterocycles. The first-order valence-electron chi connectivity index (χ1n) is 17.0. The summed E-state index contributed by atoms with van der Waals surface area (Å²) < 4.78 is 0. The fourth-order valence-electron chi connectivity index (χ4n) is 11.2. The molecular formula is C39H58N2O. The molecule has 4 aliphatic carbocycles. The predicted molar refractivity (Wildman–Crippen MR) is 174 cm³/mol.